The number of hydrogen-bond donors (Lipinski definition) is 1. The fraction of sp³-hybridized carbons (Fsp3) is 0.0833. The van der Waals surface area contributed by atoms with E-state index in [9.17, 15) is 9.90 Å². The van der Waals surface area contributed by atoms with Gasteiger partial charge in [0.05, 0.1) is 16.4 Å². The fourth-order valence-corrected chi connectivity index (χ4v) is 6.04. The number of hydrogen-bond acceptors (Lipinski definition) is 6. The molecule has 2 aliphatic rings. The van der Waals surface area contributed by atoms with Crippen LogP contribution in [0.3, 0.4) is 0 Å². The summed E-state index contributed by atoms with van der Waals surface area (Å²) in [5.74, 6) is -0.0872. The largest absolute Gasteiger partial charge is 0.506 e. The molecule has 2 aliphatic heterocycles. The second-order valence-corrected chi connectivity index (χ2v) is 9.82. The van der Waals surface area contributed by atoms with Crippen LogP contribution in [0.25, 0.3) is 0 Å². The average molecular weight is 480 g/mol. The SMILES string of the molecule is Cc1cccc(N2C(=O)C(=C3Sc4ccc(Cl)cc4N3C)SC2=Nc2ccccc2O)c1. The van der Waals surface area contributed by atoms with Crippen LogP contribution >= 0.6 is 35.1 Å². The third-order valence-electron chi connectivity index (χ3n) is 5.13. The van der Waals surface area contributed by atoms with Crippen LogP contribution in [0.5, 0.6) is 5.75 Å². The summed E-state index contributed by atoms with van der Waals surface area (Å²) < 4.78 is 0. The summed E-state index contributed by atoms with van der Waals surface area (Å²) >= 11 is 9.04. The molecular formula is C24H18ClN3O2S2. The average Bonchev–Trinajstić information content (AvgIpc) is 3.26. The summed E-state index contributed by atoms with van der Waals surface area (Å²) in [5, 5.41) is 12.2. The van der Waals surface area contributed by atoms with Crippen molar-refractivity contribution in [2.24, 2.45) is 4.99 Å². The normalized spacial score (nSPS) is 19.2. The minimum Gasteiger partial charge on any atom is -0.506 e. The van der Waals surface area contributed by atoms with Crippen molar-refractivity contribution >= 4 is 63.3 Å². The van der Waals surface area contributed by atoms with Gasteiger partial charge < -0.3 is 10.0 Å². The van der Waals surface area contributed by atoms with Gasteiger partial charge in [-0.05, 0) is 66.7 Å². The van der Waals surface area contributed by atoms with Crippen molar-refractivity contribution in [1.82, 2.24) is 0 Å². The summed E-state index contributed by atoms with van der Waals surface area (Å²) in [5.41, 5.74) is 3.15. The zero-order valence-electron chi connectivity index (χ0n) is 17.2. The van der Waals surface area contributed by atoms with Crippen LogP contribution in [0.1, 0.15) is 5.56 Å². The van der Waals surface area contributed by atoms with Crippen LogP contribution in [0.4, 0.5) is 17.1 Å². The fourth-order valence-electron chi connectivity index (χ4n) is 3.55. The lowest BCUT2D eigenvalue weighted by molar-refractivity contribution is -0.113. The summed E-state index contributed by atoms with van der Waals surface area (Å²) in [7, 11) is 1.93. The van der Waals surface area contributed by atoms with Gasteiger partial charge in [-0.25, -0.2) is 4.99 Å². The molecule has 1 N–H and O–H groups in total. The van der Waals surface area contributed by atoms with Crippen molar-refractivity contribution in [3.05, 3.63) is 87.3 Å². The van der Waals surface area contributed by atoms with Gasteiger partial charge in [0, 0.05) is 17.0 Å². The number of phenolic OH excluding ortho intramolecular Hbond substituents is 1. The number of fused-ring (bicyclic) bond motifs is 1. The number of benzene rings is 3. The molecule has 5 rings (SSSR count). The molecule has 160 valence electrons. The number of carbonyl (C=O) groups excluding carboxylic acids is 1. The number of rotatable bonds is 2. The number of phenols is 1. The third-order valence-corrected chi connectivity index (χ3v) is 7.76. The van der Waals surface area contributed by atoms with E-state index in [1.165, 1.54) is 11.8 Å². The lowest BCUT2D eigenvalue weighted by Gasteiger charge is -2.17. The smallest absolute Gasteiger partial charge is 0.274 e. The second-order valence-electron chi connectivity index (χ2n) is 7.37. The second kappa shape index (κ2) is 8.24. The Hall–Kier alpha value is -2.87. The first-order valence-electron chi connectivity index (χ1n) is 9.83. The molecular weight excluding hydrogens is 462 g/mol. The Bertz CT molecular complexity index is 1320. The lowest BCUT2D eigenvalue weighted by atomic mass is 10.2. The molecule has 32 heavy (non-hydrogen) atoms. The first-order valence-corrected chi connectivity index (χ1v) is 11.8. The first-order chi connectivity index (χ1) is 15.4. The van der Waals surface area contributed by atoms with Gasteiger partial charge in [-0.1, -0.05) is 47.6 Å². The molecule has 3 aromatic carbocycles. The van der Waals surface area contributed by atoms with Gasteiger partial charge in [0.2, 0.25) is 0 Å². The summed E-state index contributed by atoms with van der Waals surface area (Å²) in [6.45, 7) is 1.98. The number of aryl methyl sites for hydroxylation is 1. The Labute approximate surface area is 199 Å². The van der Waals surface area contributed by atoms with Crippen LogP contribution in [-0.2, 0) is 4.79 Å². The first kappa shape index (κ1) is 21.0. The van der Waals surface area contributed by atoms with Crippen LogP contribution in [0, 0.1) is 6.92 Å². The molecule has 5 nitrogen and oxygen atoms in total. The van der Waals surface area contributed by atoms with Crippen molar-refractivity contribution in [2.45, 2.75) is 11.8 Å². The number of nitrogens with zero attached hydrogens (tertiary/aromatic N) is 3. The zero-order valence-corrected chi connectivity index (χ0v) is 19.6. The van der Waals surface area contributed by atoms with Crippen LogP contribution in [0.15, 0.2) is 86.6 Å². The van der Waals surface area contributed by atoms with Gasteiger partial charge in [-0.15, -0.1) is 0 Å². The molecule has 0 unspecified atom stereocenters. The van der Waals surface area contributed by atoms with Crippen molar-refractivity contribution in [3.63, 3.8) is 0 Å². The van der Waals surface area contributed by atoms with Gasteiger partial charge in [0.25, 0.3) is 5.91 Å². The standard InChI is InChI=1S/C24H18ClN3O2S2/c1-14-6-5-7-16(12-14)28-22(30)21(32-24(28)26-17-8-3-4-9-19(17)29)23-27(2)18-13-15(25)10-11-20(18)31-23/h3-13,29H,1-2H3. The van der Waals surface area contributed by atoms with E-state index in [-0.39, 0.29) is 11.7 Å². The van der Waals surface area contributed by atoms with E-state index >= 15 is 0 Å². The van der Waals surface area contributed by atoms with Crippen molar-refractivity contribution in [3.8, 4) is 5.75 Å². The Morgan fingerprint density at radius 2 is 1.81 bits per heavy atom. The highest BCUT2D eigenvalue weighted by molar-refractivity contribution is 8.20. The van der Waals surface area contributed by atoms with E-state index in [1.54, 1.807) is 40.9 Å². The minimum atomic E-state index is -0.150. The molecule has 0 saturated carbocycles. The van der Waals surface area contributed by atoms with Gasteiger partial charge in [-0.2, -0.15) is 0 Å². The molecule has 0 spiro atoms. The van der Waals surface area contributed by atoms with E-state index in [1.807, 2.05) is 61.3 Å². The molecule has 8 heteroatoms. The van der Waals surface area contributed by atoms with Crippen molar-refractivity contribution < 1.29 is 9.90 Å². The molecule has 0 radical (unpaired) electrons. The molecule has 1 fully saturated rings. The van der Waals surface area contributed by atoms with Gasteiger partial charge in [0.15, 0.2) is 5.17 Å². The molecule has 0 aliphatic carbocycles. The highest BCUT2D eigenvalue weighted by Gasteiger charge is 2.40. The molecule has 0 aromatic heterocycles. The number of halogens is 1. The Balaban J connectivity index is 1.64. The molecule has 3 aromatic rings. The number of amides is 1. The highest BCUT2D eigenvalue weighted by atomic mass is 35.5. The van der Waals surface area contributed by atoms with Crippen molar-refractivity contribution in [2.75, 3.05) is 16.8 Å². The van der Waals surface area contributed by atoms with E-state index in [0.29, 0.717) is 20.8 Å². The number of carbonyl (C=O) groups is 1. The maximum Gasteiger partial charge on any atom is 0.274 e. The van der Waals surface area contributed by atoms with Crippen molar-refractivity contribution in [1.29, 1.82) is 0 Å². The Kier molecular flexibility index (Phi) is 5.41. The number of amidine groups is 1. The predicted octanol–water partition coefficient (Wildman–Crippen LogP) is 6.53. The summed E-state index contributed by atoms with van der Waals surface area (Å²) in [6.07, 6.45) is 0. The summed E-state index contributed by atoms with van der Waals surface area (Å²) in [4.78, 5) is 23.6. The van der Waals surface area contributed by atoms with Crippen LogP contribution < -0.4 is 9.80 Å². The van der Waals surface area contributed by atoms with Gasteiger partial charge >= 0.3 is 0 Å². The number of thioether (sulfide) groups is 2. The maximum absolute atomic E-state index is 13.7. The monoisotopic (exact) mass is 479 g/mol. The maximum atomic E-state index is 13.7. The lowest BCUT2D eigenvalue weighted by Crippen LogP contribution is -2.29. The van der Waals surface area contributed by atoms with Gasteiger partial charge in [-0.3, -0.25) is 9.69 Å². The molecule has 0 bridgehead atoms. The molecule has 1 amide bonds. The van der Waals surface area contributed by atoms with Crippen LogP contribution in [-0.4, -0.2) is 23.2 Å². The molecule has 0 atom stereocenters. The van der Waals surface area contributed by atoms with E-state index in [0.717, 1.165) is 26.9 Å². The van der Waals surface area contributed by atoms with Gasteiger partial charge in [0.1, 0.15) is 16.3 Å². The molecule has 1 saturated heterocycles. The molecule has 2 heterocycles. The zero-order chi connectivity index (χ0) is 22.4. The number of aliphatic imine (C=N–C) groups is 1. The number of para-hydroxylation sites is 2. The number of aromatic hydroxyl groups is 1. The Morgan fingerprint density at radius 1 is 1.00 bits per heavy atom. The predicted molar refractivity (Wildman–Crippen MR) is 134 cm³/mol. The Morgan fingerprint density at radius 3 is 2.59 bits per heavy atom. The van der Waals surface area contributed by atoms with E-state index in [4.69, 9.17) is 11.6 Å². The third kappa shape index (κ3) is 3.66. The number of anilines is 2. The van der Waals surface area contributed by atoms with E-state index < -0.39 is 0 Å². The minimum absolute atomic E-state index is 0.0627. The topological polar surface area (TPSA) is 56.1 Å². The van der Waals surface area contributed by atoms with E-state index in [2.05, 4.69) is 4.99 Å². The summed E-state index contributed by atoms with van der Waals surface area (Å²) in [6, 6.07) is 20.3. The van der Waals surface area contributed by atoms with Crippen LogP contribution in [0.2, 0.25) is 5.02 Å². The quantitative estimate of drug-likeness (QED) is 0.423. The highest BCUT2D eigenvalue weighted by Crippen LogP contribution is 2.51.